The van der Waals surface area contributed by atoms with Crippen molar-refractivity contribution in [3.63, 3.8) is 0 Å². The first-order chi connectivity index (χ1) is 25.1. The standard InChI is InChI=1S/C41H32N6O4/c1-3-27-19-33(48-29-11-9-13-31(21-29)50-37-15-5-7-17-43-37)23-35-39(27)40-28(4-2)20-34(24-36(40)47(35)41-45-25-42-26-46-41)49-30-12-10-14-32(22-30)51-38-16-6-8-18-44-38/h5-26H,3-4H2,1-2H3. The Balaban J connectivity index is 1.22. The van der Waals surface area contributed by atoms with Gasteiger partial charge in [-0.05, 0) is 72.5 Å². The van der Waals surface area contributed by atoms with Gasteiger partial charge in [0.2, 0.25) is 17.7 Å². The molecule has 0 aliphatic carbocycles. The van der Waals surface area contributed by atoms with Gasteiger partial charge in [0.05, 0.1) is 11.0 Å². The van der Waals surface area contributed by atoms with Crippen molar-refractivity contribution >= 4 is 21.8 Å². The van der Waals surface area contributed by atoms with Gasteiger partial charge in [-0.1, -0.05) is 38.1 Å². The molecule has 4 heterocycles. The van der Waals surface area contributed by atoms with Gasteiger partial charge in [0.15, 0.2) is 0 Å². The molecule has 0 radical (unpaired) electrons. The molecule has 10 nitrogen and oxygen atoms in total. The van der Waals surface area contributed by atoms with E-state index in [9.17, 15) is 0 Å². The number of ether oxygens (including phenoxy) is 4. The van der Waals surface area contributed by atoms with Crippen LogP contribution >= 0.6 is 0 Å². The Hall–Kier alpha value is -6.81. The Morgan fingerprint density at radius 3 is 1.37 bits per heavy atom. The summed E-state index contributed by atoms with van der Waals surface area (Å²) in [5.41, 5.74) is 4.07. The van der Waals surface area contributed by atoms with Gasteiger partial charge >= 0.3 is 0 Å². The lowest BCUT2D eigenvalue weighted by atomic mass is 9.99. The van der Waals surface area contributed by atoms with Crippen LogP contribution in [0.15, 0.2) is 134 Å². The number of rotatable bonds is 11. The second-order valence-electron chi connectivity index (χ2n) is 11.6. The van der Waals surface area contributed by atoms with E-state index in [4.69, 9.17) is 18.9 Å². The van der Waals surface area contributed by atoms with Crippen LogP contribution in [0.3, 0.4) is 0 Å². The van der Waals surface area contributed by atoms with Crippen LogP contribution in [0, 0.1) is 0 Å². The summed E-state index contributed by atoms with van der Waals surface area (Å²) in [7, 11) is 0. The molecule has 0 aliphatic heterocycles. The average molecular weight is 673 g/mol. The predicted octanol–water partition coefficient (Wildman–Crippen LogP) is 10.1. The molecule has 8 rings (SSSR count). The van der Waals surface area contributed by atoms with E-state index in [2.05, 4.69) is 50.9 Å². The van der Waals surface area contributed by atoms with Crippen molar-refractivity contribution in [3.05, 3.63) is 145 Å². The van der Waals surface area contributed by atoms with E-state index < -0.39 is 0 Å². The van der Waals surface area contributed by atoms with Crippen LogP contribution in [0.5, 0.6) is 46.3 Å². The number of hydrogen-bond acceptors (Lipinski definition) is 9. The molecule has 4 aromatic carbocycles. The maximum absolute atomic E-state index is 6.50. The van der Waals surface area contributed by atoms with Gasteiger partial charge in [-0.2, -0.15) is 0 Å². The smallest absolute Gasteiger partial charge is 0.237 e. The van der Waals surface area contributed by atoms with Crippen molar-refractivity contribution in [1.29, 1.82) is 0 Å². The van der Waals surface area contributed by atoms with Gasteiger partial charge in [0.25, 0.3) is 0 Å². The summed E-state index contributed by atoms with van der Waals surface area (Å²) in [5.74, 6) is 5.35. The fourth-order valence-electron chi connectivity index (χ4n) is 6.14. The SMILES string of the molecule is CCc1cc(Oc2cccc(Oc3ccccn3)c2)cc2c1c1c(CC)cc(Oc3cccc(Oc4ccccn4)c3)cc1n2-c1ncncn1. The summed E-state index contributed by atoms with van der Waals surface area (Å²) >= 11 is 0. The number of nitrogens with zero attached hydrogens (tertiary/aromatic N) is 6. The van der Waals surface area contributed by atoms with Gasteiger partial charge < -0.3 is 18.9 Å². The Bertz CT molecular complexity index is 2300. The summed E-state index contributed by atoms with van der Waals surface area (Å²) in [5, 5.41) is 2.23. The van der Waals surface area contributed by atoms with E-state index in [0.717, 1.165) is 45.8 Å². The van der Waals surface area contributed by atoms with Crippen LogP contribution in [0.4, 0.5) is 0 Å². The summed E-state index contributed by atoms with van der Waals surface area (Å²) in [6, 6.07) is 34.4. The number of aryl methyl sites for hydroxylation is 2. The zero-order chi connectivity index (χ0) is 34.6. The molecule has 0 spiro atoms. The van der Waals surface area contributed by atoms with E-state index in [1.54, 1.807) is 12.4 Å². The number of pyridine rings is 2. The van der Waals surface area contributed by atoms with Crippen molar-refractivity contribution in [1.82, 2.24) is 29.5 Å². The van der Waals surface area contributed by atoms with Gasteiger partial charge in [-0.25, -0.2) is 24.9 Å². The first-order valence-corrected chi connectivity index (χ1v) is 16.6. The zero-order valence-electron chi connectivity index (χ0n) is 27.9. The molecular formula is C41H32N6O4. The topological polar surface area (TPSA) is 106 Å². The van der Waals surface area contributed by atoms with Crippen molar-refractivity contribution in [2.45, 2.75) is 26.7 Å². The van der Waals surface area contributed by atoms with Crippen LogP contribution in [0.1, 0.15) is 25.0 Å². The molecule has 4 aromatic heterocycles. The Labute approximate surface area is 294 Å². The number of aromatic nitrogens is 6. The first-order valence-electron chi connectivity index (χ1n) is 16.6. The maximum Gasteiger partial charge on any atom is 0.237 e. The van der Waals surface area contributed by atoms with Crippen molar-refractivity contribution in [2.75, 3.05) is 0 Å². The fraction of sp³-hybridized carbons (Fsp3) is 0.0976. The van der Waals surface area contributed by atoms with Crippen molar-refractivity contribution in [2.24, 2.45) is 0 Å². The van der Waals surface area contributed by atoms with Crippen LogP contribution in [-0.4, -0.2) is 29.5 Å². The first kappa shape index (κ1) is 31.5. The van der Waals surface area contributed by atoms with E-state index in [1.165, 1.54) is 12.7 Å². The molecular weight excluding hydrogens is 640 g/mol. The van der Waals surface area contributed by atoms with Crippen LogP contribution < -0.4 is 18.9 Å². The molecule has 0 unspecified atom stereocenters. The van der Waals surface area contributed by atoms with E-state index in [0.29, 0.717) is 52.2 Å². The van der Waals surface area contributed by atoms with Gasteiger partial charge in [-0.3, -0.25) is 4.57 Å². The highest BCUT2D eigenvalue weighted by Gasteiger charge is 2.22. The summed E-state index contributed by atoms with van der Waals surface area (Å²) in [6.07, 6.45) is 7.94. The average Bonchev–Trinajstić information content (AvgIpc) is 3.49. The zero-order valence-corrected chi connectivity index (χ0v) is 27.9. The van der Waals surface area contributed by atoms with Crippen LogP contribution in [-0.2, 0) is 12.8 Å². The highest BCUT2D eigenvalue weighted by Crippen LogP contribution is 2.42. The third-order valence-electron chi connectivity index (χ3n) is 8.32. The molecule has 0 saturated carbocycles. The molecule has 0 saturated heterocycles. The molecule has 51 heavy (non-hydrogen) atoms. The number of benzene rings is 4. The third-order valence-corrected chi connectivity index (χ3v) is 8.32. The Morgan fingerprint density at radius 1 is 0.471 bits per heavy atom. The van der Waals surface area contributed by atoms with Gasteiger partial charge in [0.1, 0.15) is 47.2 Å². The lowest BCUT2D eigenvalue weighted by Gasteiger charge is -2.12. The lowest BCUT2D eigenvalue weighted by molar-refractivity contribution is 0.448. The second-order valence-corrected chi connectivity index (χ2v) is 11.6. The monoisotopic (exact) mass is 672 g/mol. The van der Waals surface area contributed by atoms with E-state index >= 15 is 0 Å². The van der Waals surface area contributed by atoms with Gasteiger partial charge in [0, 0.05) is 59.6 Å². The minimum atomic E-state index is 0.486. The summed E-state index contributed by atoms with van der Waals surface area (Å²) in [4.78, 5) is 21.8. The largest absolute Gasteiger partial charge is 0.457 e. The number of hydrogen-bond donors (Lipinski definition) is 0. The summed E-state index contributed by atoms with van der Waals surface area (Å²) < 4.78 is 27.0. The second kappa shape index (κ2) is 14.0. The molecule has 0 atom stereocenters. The maximum atomic E-state index is 6.50. The van der Waals surface area contributed by atoms with Crippen molar-refractivity contribution in [3.8, 4) is 52.2 Å². The van der Waals surface area contributed by atoms with Crippen LogP contribution in [0.2, 0.25) is 0 Å². The molecule has 0 aliphatic rings. The molecule has 0 N–H and O–H groups in total. The predicted molar refractivity (Wildman–Crippen MR) is 195 cm³/mol. The quantitative estimate of drug-likeness (QED) is 0.133. The normalized spacial score (nSPS) is 11.1. The van der Waals surface area contributed by atoms with E-state index in [1.807, 2.05) is 102 Å². The third kappa shape index (κ3) is 6.62. The minimum absolute atomic E-state index is 0.486. The molecule has 0 bridgehead atoms. The molecule has 250 valence electrons. The van der Waals surface area contributed by atoms with Gasteiger partial charge in [-0.15, -0.1) is 0 Å². The van der Waals surface area contributed by atoms with Crippen LogP contribution in [0.25, 0.3) is 27.8 Å². The number of fused-ring (bicyclic) bond motifs is 3. The minimum Gasteiger partial charge on any atom is -0.457 e. The summed E-state index contributed by atoms with van der Waals surface area (Å²) in [6.45, 7) is 4.30. The lowest BCUT2D eigenvalue weighted by Crippen LogP contribution is -2.01. The highest BCUT2D eigenvalue weighted by molar-refractivity contribution is 6.13. The molecule has 0 fully saturated rings. The Kier molecular flexibility index (Phi) is 8.62. The Morgan fingerprint density at radius 2 is 0.941 bits per heavy atom. The molecule has 8 aromatic rings. The molecule has 10 heteroatoms. The van der Waals surface area contributed by atoms with Crippen molar-refractivity contribution < 1.29 is 18.9 Å². The van der Waals surface area contributed by atoms with E-state index in [-0.39, 0.29) is 0 Å². The highest BCUT2D eigenvalue weighted by atomic mass is 16.5. The fourth-order valence-corrected chi connectivity index (χ4v) is 6.14. The molecule has 0 amide bonds.